The first-order valence-corrected chi connectivity index (χ1v) is 10.8. The molecule has 0 heterocycles. The molecule has 0 aromatic heterocycles. The fourth-order valence-electron chi connectivity index (χ4n) is 6.75. The molecule has 2 aromatic carbocycles. The van der Waals surface area contributed by atoms with E-state index in [2.05, 4.69) is 24.4 Å². The Balaban J connectivity index is 1.37. The van der Waals surface area contributed by atoms with E-state index in [4.69, 9.17) is 0 Å². The van der Waals surface area contributed by atoms with E-state index < -0.39 is 0 Å². The maximum absolute atomic E-state index is 12.8. The standard InChI is InChI=1S/C25H29NO3/c1-15-2-3-19(24(29)26-14-20-4-5-21(27)10-23(20)28)9-22(15)25-11-16-6-17(12-25)8-18(7-16)13-25/h2-5,9-10,16-18,27-28H,6-8,11-14H2,1H3,(H,26,29). The summed E-state index contributed by atoms with van der Waals surface area (Å²) in [6, 6.07) is 10.6. The van der Waals surface area contributed by atoms with Gasteiger partial charge in [-0.25, -0.2) is 0 Å². The van der Waals surface area contributed by atoms with Crippen LogP contribution in [-0.2, 0) is 12.0 Å². The lowest BCUT2D eigenvalue weighted by atomic mass is 9.47. The number of phenolic OH excluding ortho intramolecular Hbond substituents is 2. The van der Waals surface area contributed by atoms with Gasteiger partial charge in [0.1, 0.15) is 11.5 Å². The van der Waals surface area contributed by atoms with Gasteiger partial charge in [0.15, 0.2) is 0 Å². The van der Waals surface area contributed by atoms with Gasteiger partial charge in [0.25, 0.3) is 5.91 Å². The maximum Gasteiger partial charge on any atom is 0.251 e. The second-order valence-corrected chi connectivity index (χ2v) is 9.72. The highest BCUT2D eigenvalue weighted by atomic mass is 16.3. The van der Waals surface area contributed by atoms with Gasteiger partial charge in [-0.15, -0.1) is 0 Å². The number of aryl methyl sites for hydroxylation is 1. The predicted molar refractivity (Wildman–Crippen MR) is 112 cm³/mol. The number of amides is 1. The number of hydrogen-bond donors (Lipinski definition) is 3. The molecule has 4 bridgehead atoms. The van der Waals surface area contributed by atoms with Gasteiger partial charge < -0.3 is 15.5 Å². The van der Waals surface area contributed by atoms with E-state index >= 15 is 0 Å². The zero-order valence-electron chi connectivity index (χ0n) is 16.9. The molecule has 6 rings (SSSR count). The maximum atomic E-state index is 12.8. The number of rotatable bonds is 4. The summed E-state index contributed by atoms with van der Waals surface area (Å²) in [7, 11) is 0. The summed E-state index contributed by atoms with van der Waals surface area (Å²) in [6.07, 6.45) is 8.09. The first kappa shape index (κ1) is 18.5. The molecule has 1 amide bonds. The Labute approximate surface area is 172 Å². The predicted octanol–water partition coefficient (Wildman–Crippen LogP) is 4.80. The van der Waals surface area contributed by atoms with Gasteiger partial charge in [0.05, 0.1) is 0 Å². The first-order chi connectivity index (χ1) is 13.9. The number of nitrogens with one attached hydrogen (secondary N) is 1. The van der Waals surface area contributed by atoms with Crippen molar-refractivity contribution in [3.05, 3.63) is 58.7 Å². The molecule has 2 aromatic rings. The molecular weight excluding hydrogens is 362 g/mol. The molecule has 3 N–H and O–H groups in total. The van der Waals surface area contributed by atoms with Crippen molar-refractivity contribution in [1.82, 2.24) is 5.32 Å². The molecule has 0 radical (unpaired) electrons. The summed E-state index contributed by atoms with van der Waals surface area (Å²) in [6.45, 7) is 2.41. The quantitative estimate of drug-likeness (QED) is 0.701. The van der Waals surface area contributed by atoms with Crippen LogP contribution in [0.3, 0.4) is 0 Å². The van der Waals surface area contributed by atoms with Gasteiger partial charge in [0, 0.05) is 23.7 Å². The molecule has 29 heavy (non-hydrogen) atoms. The highest BCUT2D eigenvalue weighted by Gasteiger charge is 2.52. The van der Waals surface area contributed by atoms with Crippen LogP contribution in [0.15, 0.2) is 36.4 Å². The SMILES string of the molecule is Cc1ccc(C(=O)NCc2ccc(O)cc2O)cc1C12CC3CC(CC(C3)C1)C2. The minimum absolute atomic E-state index is 0.0105. The van der Waals surface area contributed by atoms with Gasteiger partial charge in [0.2, 0.25) is 0 Å². The molecular formula is C25H29NO3. The zero-order chi connectivity index (χ0) is 20.2. The van der Waals surface area contributed by atoms with Crippen LogP contribution >= 0.6 is 0 Å². The van der Waals surface area contributed by atoms with E-state index in [1.165, 1.54) is 61.8 Å². The molecule has 4 fully saturated rings. The van der Waals surface area contributed by atoms with E-state index in [0.29, 0.717) is 11.1 Å². The van der Waals surface area contributed by atoms with Gasteiger partial charge in [-0.1, -0.05) is 6.07 Å². The second kappa shape index (κ2) is 6.79. The van der Waals surface area contributed by atoms with Crippen molar-refractivity contribution in [2.75, 3.05) is 0 Å². The average Bonchev–Trinajstić information content (AvgIpc) is 2.66. The van der Waals surface area contributed by atoms with Crippen molar-refractivity contribution < 1.29 is 15.0 Å². The monoisotopic (exact) mass is 391 g/mol. The van der Waals surface area contributed by atoms with E-state index in [9.17, 15) is 15.0 Å². The van der Waals surface area contributed by atoms with E-state index in [0.717, 1.165) is 17.8 Å². The Morgan fingerprint density at radius 2 is 1.66 bits per heavy atom. The second-order valence-electron chi connectivity index (χ2n) is 9.72. The fraction of sp³-hybridized carbons (Fsp3) is 0.480. The van der Waals surface area contributed by atoms with Gasteiger partial charge in [-0.3, -0.25) is 4.79 Å². The van der Waals surface area contributed by atoms with Crippen LogP contribution < -0.4 is 5.32 Å². The highest BCUT2D eigenvalue weighted by Crippen LogP contribution is 2.61. The van der Waals surface area contributed by atoms with Crippen LogP contribution in [0.5, 0.6) is 11.5 Å². The number of carbonyl (C=O) groups excluding carboxylic acids is 1. The summed E-state index contributed by atoms with van der Waals surface area (Å²) >= 11 is 0. The van der Waals surface area contributed by atoms with Crippen molar-refractivity contribution in [3.63, 3.8) is 0 Å². The fourth-order valence-corrected chi connectivity index (χ4v) is 6.75. The lowest BCUT2D eigenvalue weighted by Gasteiger charge is -2.57. The third-order valence-electron chi connectivity index (χ3n) is 7.62. The van der Waals surface area contributed by atoms with Gasteiger partial charge in [-0.2, -0.15) is 0 Å². The van der Waals surface area contributed by atoms with Crippen LogP contribution in [0.1, 0.15) is 65.6 Å². The molecule has 4 saturated carbocycles. The summed E-state index contributed by atoms with van der Waals surface area (Å²) in [5.74, 6) is 2.49. The lowest BCUT2D eigenvalue weighted by Crippen LogP contribution is -2.48. The average molecular weight is 392 g/mol. The zero-order valence-corrected chi connectivity index (χ0v) is 16.9. The number of hydrogen-bond acceptors (Lipinski definition) is 3. The van der Waals surface area contributed by atoms with Crippen LogP contribution in [0.25, 0.3) is 0 Å². The molecule has 0 aliphatic heterocycles. The van der Waals surface area contributed by atoms with Crippen LogP contribution in [0.4, 0.5) is 0 Å². The normalized spacial score (nSPS) is 29.8. The van der Waals surface area contributed by atoms with Crippen molar-refractivity contribution in [2.24, 2.45) is 17.8 Å². The van der Waals surface area contributed by atoms with Gasteiger partial charge >= 0.3 is 0 Å². The topological polar surface area (TPSA) is 69.6 Å². The third kappa shape index (κ3) is 3.29. The molecule has 4 aliphatic carbocycles. The Bertz CT molecular complexity index is 929. The highest BCUT2D eigenvalue weighted by molar-refractivity contribution is 5.94. The van der Waals surface area contributed by atoms with Gasteiger partial charge in [-0.05, 0) is 104 Å². The molecule has 4 heteroatoms. The smallest absolute Gasteiger partial charge is 0.251 e. The number of benzene rings is 2. The van der Waals surface area contributed by atoms with Crippen LogP contribution in [0, 0.1) is 24.7 Å². The van der Waals surface area contributed by atoms with E-state index in [1.807, 2.05) is 6.07 Å². The number of carbonyl (C=O) groups is 1. The molecule has 4 aliphatic rings. The summed E-state index contributed by atoms with van der Waals surface area (Å²) < 4.78 is 0. The molecule has 0 unspecified atom stereocenters. The van der Waals surface area contributed by atoms with Crippen molar-refractivity contribution in [3.8, 4) is 11.5 Å². The lowest BCUT2D eigenvalue weighted by molar-refractivity contribution is -0.00548. The van der Waals surface area contributed by atoms with E-state index in [-0.39, 0.29) is 29.4 Å². The molecule has 0 saturated heterocycles. The van der Waals surface area contributed by atoms with Crippen molar-refractivity contribution in [1.29, 1.82) is 0 Å². The number of aromatic hydroxyl groups is 2. The Hall–Kier alpha value is -2.49. The third-order valence-corrected chi connectivity index (χ3v) is 7.62. The Morgan fingerprint density at radius 3 is 2.28 bits per heavy atom. The molecule has 152 valence electrons. The van der Waals surface area contributed by atoms with Crippen LogP contribution in [-0.4, -0.2) is 16.1 Å². The van der Waals surface area contributed by atoms with Crippen molar-refractivity contribution >= 4 is 5.91 Å². The molecule has 0 spiro atoms. The molecule has 0 atom stereocenters. The Kier molecular flexibility index (Phi) is 4.34. The van der Waals surface area contributed by atoms with Crippen molar-refractivity contribution in [2.45, 2.75) is 57.4 Å². The summed E-state index contributed by atoms with van der Waals surface area (Å²) in [5.41, 5.74) is 4.24. The number of phenols is 2. The minimum Gasteiger partial charge on any atom is -0.508 e. The van der Waals surface area contributed by atoms with Crippen LogP contribution in [0.2, 0.25) is 0 Å². The first-order valence-electron chi connectivity index (χ1n) is 10.8. The minimum atomic E-state index is -0.122. The van der Waals surface area contributed by atoms with E-state index in [1.54, 1.807) is 6.07 Å². The Morgan fingerprint density at radius 1 is 1.00 bits per heavy atom. The molecule has 4 nitrogen and oxygen atoms in total. The largest absolute Gasteiger partial charge is 0.508 e. The summed E-state index contributed by atoms with van der Waals surface area (Å²) in [4.78, 5) is 12.8. The summed E-state index contributed by atoms with van der Waals surface area (Å²) in [5, 5.41) is 22.3.